The van der Waals surface area contributed by atoms with Gasteiger partial charge in [0.25, 0.3) is 0 Å². The minimum atomic E-state index is 0.730. The summed E-state index contributed by atoms with van der Waals surface area (Å²) >= 11 is 0. The highest BCUT2D eigenvalue weighted by Crippen LogP contribution is 2.28. The molecule has 7 heteroatoms. The first kappa shape index (κ1) is 20.8. The van der Waals surface area contributed by atoms with Gasteiger partial charge in [0.1, 0.15) is 5.69 Å². The second-order valence-corrected chi connectivity index (χ2v) is 8.51. The monoisotopic (exact) mass is 457 g/mol. The molecule has 3 N–H and O–H groups in total. The van der Waals surface area contributed by atoms with Gasteiger partial charge < -0.3 is 15.6 Å². The molecule has 6 rings (SSSR count). The normalized spacial score (nSPS) is 11.1. The van der Waals surface area contributed by atoms with Crippen LogP contribution >= 0.6 is 0 Å². The number of rotatable bonds is 5. The lowest BCUT2D eigenvalue weighted by molar-refractivity contribution is 1.20. The Hall–Kier alpha value is -4.78. The lowest BCUT2D eigenvalue weighted by Crippen LogP contribution is -1.96. The van der Waals surface area contributed by atoms with E-state index in [0.29, 0.717) is 0 Å². The minimum absolute atomic E-state index is 0.730. The number of nitrogens with one attached hydrogen (secondary N) is 3. The molecule has 0 aliphatic heterocycles. The second-order valence-electron chi connectivity index (χ2n) is 8.51. The number of para-hydroxylation sites is 1. The van der Waals surface area contributed by atoms with E-state index in [1.165, 1.54) is 0 Å². The number of pyridine rings is 3. The Morgan fingerprint density at radius 3 is 2.40 bits per heavy atom. The van der Waals surface area contributed by atoms with Crippen molar-refractivity contribution < 1.29 is 0 Å². The van der Waals surface area contributed by atoms with Crippen LogP contribution in [-0.4, -0.2) is 24.9 Å². The SMILES string of the molecule is Cc1cc(Nc2ccc3nc(-c4ccc(Nc5cc(C)nc6ccccc56)cn4)[nH]c3c2)ccn1. The van der Waals surface area contributed by atoms with Gasteiger partial charge >= 0.3 is 0 Å². The largest absolute Gasteiger partial charge is 0.355 e. The number of benzene rings is 2. The van der Waals surface area contributed by atoms with E-state index in [1.807, 2.05) is 80.7 Å². The fourth-order valence-electron chi connectivity index (χ4n) is 4.17. The average Bonchev–Trinajstić information content (AvgIpc) is 3.28. The van der Waals surface area contributed by atoms with Gasteiger partial charge in [-0.2, -0.15) is 0 Å². The standard InChI is InChI=1S/C28H23N7/c1-17-13-20(11-12-29-17)32-19-7-9-24-27(15-19)35-28(34-24)25-10-8-21(16-30-25)33-26-14-18(2)31-23-6-4-3-5-22(23)26/h3-16H,1-2H3,(H,29,32)(H,31,33)(H,34,35). The van der Waals surface area contributed by atoms with Crippen molar-refractivity contribution in [3.63, 3.8) is 0 Å². The van der Waals surface area contributed by atoms with Crippen molar-refractivity contribution in [1.29, 1.82) is 0 Å². The number of hydrogen-bond donors (Lipinski definition) is 3. The van der Waals surface area contributed by atoms with Crippen molar-refractivity contribution in [3.8, 4) is 11.5 Å². The summed E-state index contributed by atoms with van der Waals surface area (Å²) in [7, 11) is 0. The van der Waals surface area contributed by atoms with Crippen LogP contribution in [0.2, 0.25) is 0 Å². The Bertz CT molecular complexity index is 1670. The molecule has 4 aromatic heterocycles. The molecule has 0 saturated carbocycles. The summed E-state index contributed by atoms with van der Waals surface area (Å²) in [5.74, 6) is 0.730. The van der Waals surface area contributed by atoms with Crippen LogP contribution in [0.15, 0.2) is 85.2 Å². The number of fused-ring (bicyclic) bond motifs is 2. The highest BCUT2D eigenvalue weighted by Gasteiger charge is 2.09. The molecule has 6 aromatic rings. The van der Waals surface area contributed by atoms with Gasteiger partial charge in [0, 0.05) is 40.0 Å². The average molecular weight is 458 g/mol. The Labute approximate surface area is 202 Å². The van der Waals surface area contributed by atoms with E-state index in [2.05, 4.69) is 42.7 Å². The van der Waals surface area contributed by atoms with Gasteiger partial charge in [-0.3, -0.25) is 15.0 Å². The number of imidazole rings is 1. The van der Waals surface area contributed by atoms with Gasteiger partial charge in [-0.05, 0) is 68.4 Å². The van der Waals surface area contributed by atoms with Crippen LogP contribution in [0, 0.1) is 13.8 Å². The maximum atomic E-state index is 4.73. The molecule has 0 aliphatic carbocycles. The van der Waals surface area contributed by atoms with E-state index in [0.717, 1.165) is 67.6 Å². The smallest absolute Gasteiger partial charge is 0.157 e. The van der Waals surface area contributed by atoms with Gasteiger partial charge in [-0.25, -0.2) is 4.98 Å². The van der Waals surface area contributed by atoms with E-state index in [1.54, 1.807) is 6.20 Å². The van der Waals surface area contributed by atoms with Gasteiger partial charge in [-0.1, -0.05) is 18.2 Å². The van der Waals surface area contributed by atoms with Crippen molar-refractivity contribution >= 4 is 44.7 Å². The predicted molar refractivity (Wildman–Crippen MR) is 141 cm³/mol. The summed E-state index contributed by atoms with van der Waals surface area (Å²) in [5.41, 5.74) is 9.40. The molecular weight excluding hydrogens is 434 g/mol. The topological polar surface area (TPSA) is 91.4 Å². The molecule has 170 valence electrons. The van der Waals surface area contributed by atoms with Crippen LogP contribution in [0.1, 0.15) is 11.4 Å². The van der Waals surface area contributed by atoms with E-state index in [9.17, 15) is 0 Å². The number of aryl methyl sites for hydroxylation is 2. The van der Waals surface area contributed by atoms with Gasteiger partial charge in [-0.15, -0.1) is 0 Å². The molecule has 7 nitrogen and oxygen atoms in total. The zero-order chi connectivity index (χ0) is 23.8. The number of aromatic amines is 1. The van der Waals surface area contributed by atoms with Crippen LogP contribution < -0.4 is 10.6 Å². The highest BCUT2D eigenvalue weighted by atomic mass is 15.0. The van der Waals surface area contributed by atoms with Gasteiger partial charge in [0.2, 0.25) is 0 Å². The first-order valence-electron chi connectivity index (χ1n) is 11.4. The van der Waals surface area contributed by atoms with Crippen LogP contribution in [0.5, 0.6) is 0 Å². The molecule has 0 unspecified atom stereocenters. The quantitative estimate of drug-likeness (QED) is 0.268. The zero-order valence-corrected chi connectivity index (χ0v) is 19.4. The van der Waals surface area contributed by atoms with E-state index in [4.69, 9.17) is 4.98 Å². The van der Waals surface area contributed by atoms with Crippen LogP contribution in [0.4, 0.5) is 22.7 Å². The van der Waals surface area contributed by atoms with Crippen molar-refractivity contribution in [2.45, 2.75) is 13.8 Å². The van der Waals surface area contributed by atoms with Crippen LogP contribution in [-0.2, 0) is 0 Å². The van der Waals surface area contributed by atoms with Crippen molar-refractivity contribution in [3.05, 3.63) is 96.6 Å². The summed E-state index contributed by atoms with van der Waals surface area (Å²) in [6, 6.07) is 24.2. The van der Waals surface area contributed by atoms with Crippen molar-refractivity contribution in [2.75, 3.05) is 10.6 Å². The lowest BCUT2D eigenvalue weighted by Gasteiger charge is -2.10. The molecule has 0 radical (unpaired) electrons. The maximum absolute atomic E-state index is 4.73. The van der Waals surface area contributed by atoms with E-state index in [-0.39, 0.29) is 0 Å². The predicted octanol–water partition coefficient (Wildman–Crippen LogP) is 6.67. The number of anilines is 4. The highest BCUT2D eigenvalue weighted by molar-refractivity contribution is 5.93. The Balaban J connectivity index is 1.24. The number of H-pyrrole nitrogens is 1. The number of hydrogen-bond acceptors (Lipinski definition) is 6. The Morgan fingerprint density at radius 2 is 1.54 bits per heavy atom. The molecule has 0 amide bonds. The van der Waals surface area contributed by atoms with Crippen LogP contribution in [0.3, 0.4) is 0 Å². The van der Waals surface area contributed by atoms with Crippen molar-refractivity contribution in [1.82, 2.24) is 24.9 Å². The molecule has 4 heterocycles. The van der Waals surface area contributed by atoms with E-state index < -0.39 is 0 Å². The molecular formula is C28H23N7. The van der Waals surface area contributed by atoms with Gasteiger partial charge in [0.15, 0.2) is 5.82 Å². The maximum Gasteiger partial charge on any atom is 0.157 e. The molecule has 0 atom stereocenters. The first-order valence-corrected chi connectivity index (χ1v) is 11.4. The summed E-state index contributed by atoms with van der Waals surface area (Å²) in [6.45, 7) is 3.98. The summed E-state index contributed by atoms with van der Waals surface area (Å²) in [6.07, 6.45) is 3.62. The fraction of sp³-hybridized carbons (Fsp3) is 0.0714. The number of aromatic nitrogens is 5. The lowest BCUT2D eigenvalue weighted by atomic mass is 10.1. The Kier molecular flexibility index (Phi) is 5.07. The molecule has 2 aromatic carbocycles. The van der Waals surface area contributed by atoms with Gasteiger partial charge in [0.05, 0.1) is 28.4 Å². The molecule has 0 fully saturated rings. The molecule has 0 saturated heterocycles. The second kappa shape index (κ2) is 8.53. The van der Waals surface area contributed by atoms with E-state index >= 15 is 0 Å². The zero-order valence-electron chi connectivity index (χ0n) is 19.4. The summed E-state index contributed by atoms with van der Waals surface area (Å²) in [4.78, 5) is 21.6. The Morgan fingerprint density at radius 1 is 0.686 bits per heavy atom. The minimum Gasteiger partial charge on any atom is -0.355 e. The molecule has 0 spiro atoms. The third kappa shape index (κ3) is 4.27. The summed E-state index contributed by atoms with van der Waals surface area (Å²) < 4.78 is 0. The molecule has 35 heavy (non-hydrogen) atoms. The van der Waals surface area contributed by atoms with Crippen LogP contribution in [0.25, 0.3) is 33.5 Å². The molecule has 0 bridgehead atoms. The summed E-state index contributed by atoms with van der Waals surface area (Å²) in [5, 5.41) is 7.97. The fourth-order valence-corrected chi connectivity index (χ4v) is 4.17. The number of nitrogens with zero attached hydrogens (tertiary/aromatic N) is 4. The van der Waals surface area contributed by atoms with Crippen molar-refractivity contribution in [2.24, 2.45) is 0 Å². The third-order valence-electron chi connectivity index (χ3n) is 5.80. The third-order valence-corrected chi connectivity index (χ3v) is 5.80. The first-order chi connectivity index (χ1) is 17.1. The molecule has 0 aliphatic rings.